The normalized spacial score (nSPS) is 22.1. The minimum absolute atomic E-state index is 0.00374. The molecule has 2 aromatic rings. The van der Waals surface area contributed by atoms with Gasteiger partial charge in [-0.3, -0.25) is 10.1 Å². The lowest BCUT2D eigenvalue weighted by Crippen LogP contribution is -2.41. The number of hydrogen-bond donors (Lipinski definition) is 1. The summed E-state index contributed by atoms with van der Waals surface area (Å²) in [6, 6.07) is 6.39. The van der Waals surface area contributed by atoms with Gasteiger partial charge >= 0.3 is 12.1 Å². The van der Waals surface area contributed by atoms with Gasteiger partial charge in [-0.05, 0) is 109 Å². The van der Waals surface area contributed by atoms with Crippen molar-refractivity contribution in [3.63, 3.8) is 0 Å². The third-order valence-corrected chi connectivity index (χ3v) is 9.14. The van der Waals surface area contributed by atoms with E-state index in [-0.39, 0.29) is 23.7 Å². The molecule has 2 heterocycles. The van der Waals surface area contributed by atoms with E-state index in [0.717, 1.165) is 94.1 Å². The molecule has 240 valence electrons. The first-order chi connectivity index (χ1) is 21.1. The summed E-state index contributed by atoms with van der Waals surface area (Å²) < 4.78 is 12.7. The molecule has 2 amide bonds. The van der Waals surface area contributed by atoms with E-state index in [4.69, 9.17) is 9.47 Å². The van der Waals surface area contributed by atoms with Gasteiger partial charge in [0.2, 0.25) is 5.91 Å². The molecule has 0 radical (unpaired) electrons. The number of aromatic nitrogens is 2. The van der Waals surface area contributed by atoms with Gasteiger partial charge in [0.15, 0.2) is 0 Å². The highest BCUT2D eigenvalue weighted by molar-refractivity contribution is 5.91. The minimum Gasteiger partial charge on any atom is -0.462 e. The summed E-state index contributed by atoms with van der Waals surface area (Å²) in [4.78, 5) is 41.7. The highest BCUT2D eigenvalue weighted by Crippen LogP contribution is 2.44. The van der Waals surface area contributed by atoms with Crippen molar-refractivity contribution in [2.75, 3.05) is 18.5 Å². The Morgan fingerprint density at radius 3 is 2.50 bits per heavy atom. The molecule has 9 nitrogen and oxygen atoms in total. The maximum Gasteiger partial charge on any atom is 0.412 e. The van der Waals surface area contributed by atoms with Crippen LogP contribution in [0.2, 0.25) is 0 Å². The van der Waals surface area contributed by atoms with Crippen molar-refractivity contribution in [3.05, 3.63) is 41.2 Å². The van der Waals surface area contributed by atoms with Gasteiger partial charge in [-0.2, -0.15) is 5.10 Å². The third kappa shape index (κ3) is 7.64. The molecular weight excluding hydrogens is 556 g/mol. The lowest BCUT2D eigenvalue weighted by Gasteiger charge is -2.34. The molecular formula is C35H50N4O5. The molecule has 2 aliphatic carbocycles. The number of unbranched alkanes of at least 4 members (excludes halogenated alkanes) is 1. The molecule has 1 aromatic carbocycles. The average molecular weight is 607 g/mol. The Morgan fingerprint density at radius 2 is 1.80 bits per heavy atom. The fourth-order valence-electron chi connectivity index (χ4n) is 6.98. The second kappa shape index (κ2) is 13.7. The topological polar surface area (TPSA) is 103 Å². The smallest absolute Gasteiger partial charge is 0.412 e. The maximum atomic E-state index is 13.8. The lowest BCUT2D eigenvalue weighted by atomic mass is 9.77. The van der Waals surface area contributed by atoms with Crippen LogP contribution in [0.1, 0.15) is 139 Å². The summed E-state index contributed by atoms with van der Waals surface area (Å²) in [7, 11) is 0. The number of carbonyl (C=O) groups is 3. The van der Waals surface area contributed by atoms with E-state index in [2.05, 4.69) is 28.3 Å². The number of anilines is 1. The van der Waals surface area contributed by atoms with Crippen molar-refractivity contribution in [3.8, 4) is 5.69 Å². The van der Waals surface area contributed by atoms with E-state index in [0.29, 0.717) is 29.8 Å². The van der Waals surface area contributed by atoms with Gasteiger partial charge in [-0.25, -0.2) is 14.3 Å². The quantitative estimate of drug-likeness (QED) is 0.278. The molecule has 1 N–H and O–H groups in total. The van der Waals surface area contributed by atoms with Crippen LogP contribution in [0.15, 0.2) is 24.4 Å². The standard InChI is InChI=1S/C35H50N4O5/c1-6-8-13-28-14-10-17-38(28)32(40)25-12-9-11-24(18-25)26-19-27(37-34(42)44-35(3,4)5)21-29(20-26)39-31(23-15-16-23)30(22-36-39)33(41)43-7-2/h19-25,28H,6-18H2,1-5H3,(H,37,42)/t24-,25+,28?/m0/s1. The highest BCUT2D eigenvalue weighted by atomic mass is 16.6. The Balaban J connectivity index is 1.45. The number of nitrogens with zero attached hydrogens (tertiary/aromatic N) is 3. The van der Waals surface area contributed by atoms with E-state index < -0.39 is 11.7 Å². The zero-order valence-electron chi connectivity index (χ0n) is 27.2. The van der Waals surface area contributed by atoms with E-state index in [9.17, 15) is 14.4 Å². The van der Waals surface area contributed by atoms with Crippen molar-refractivity contribution in [2.24, 2.45) is 5.92 Å². The van der Waals surface area contributed by atoms with Gasteiger partial charge in [0, 0.05) is 30.1 Å². The Morgan fingerprint density at radius 1 is 1.00 bits per heavy atom. The maximum absolute atomic E-state index is 13.8. The van der Waals surface area contributed by atoms with Gasteiger partial charge in [0.05, 0.1) is 24.2 Å². The predicted octanol–water partition coefficient (Wildman–Crippen LogP) is 7.73. The summed E-state index contributed by atoms with van der Waals surface area (Å²) >= 11 is 0. The first-order valence-corrected chi connectivity index (χ1v) is 16.8. The summed E-state index contributed by atoms with van der Waals surface area (Å²) in [6.45, 7) is 10.7. The van der Waals surface area contributed by atoms with E-state index in [1.54, 1.807) is 13.1 Å². The molecule has 44 heavy (non-hydrogen) atoms. The van der Waals surface area contributed by atoms with Crippen molar-refractivity contribution < 1.29 is 23.9 Å². The second-order valence-corrected chi connectivity index (χ2v) is 13.8. The molecule has 3 atom stereocenters. The molecule has 0 bridgehead atoms. The molecule has 3 aliphatic rings. The van der Waals surface area contributed by atoms with E-state index in [1.807, 2.05) is 37.6 Å². The molecule has 1 saturated heterocycles. The van der Waals surface area contributed by atoms with E-state index in [1.165, 1.54) is 0 Å². The highest BCUT2D eigenvalue weighted by Gasteiger charge is 2.37. The summed E-state index contributed by atoms with van der Waals surface area (Å²) in [6.07, 6.45) is 12.3. The van der Waals surface area contributed by atoms with Crippen LogP contribution in [0, 0.1) is 5.92 Å². The zero-order chi connectivity index (χ0) is 31.4. The molecule has 2 saturated carbocycles. The zero-order valence-corrected chi connectivity index (χ0v) is 27.2. The number of ether oxygens (including phenoxy) is 2. The monoisotopic (exact) mass is 606 g/mol. The average Bonchev–Trinajstić information content (AvgIpc) is 3.53. The van der Waals surface area contributed by atoms with Crippen LogP contribution in [-0.4, -0.2) is 57.4 Å². The van der Waals surface area contributed by atoms with Gasteiger partial charge in [0.25, 0.3) is 0 Å². The number of rotatable bonds is 10. The van der Waals surface area contributed by atoms with Crippen LogP contribution >= 0.6 is 0 Å². The van der Waals surface area contributed by atoms with Gasteiger partial charge in [-0.15, -0.1) is 0 Å². The number of likely N-dealkylation sites (tertiary alicyclic amines) is 1. The predicted molar refractivity (Wildman–Crippen MR) is 170 cm³/mol. The number of carbonyl (C=O) groups excluding carboxylic acids is 3. The third-order valence-electron chi connectivity index (χ3n) is 9.14. The Bertz CT molecular complexity index is 1340. The lowest BCUT2D eigenvalue weighted by molar-refractivity contribution is -0.137. The van der Waals surface area contributed by atoms with Crippen molar-refractivity contribution in [2.45, 2.75) is 129 Å². The fraction of sp³-hybridized carbons (Fsp3) is 0.657. The second-order valence-electron chi connectivity index (χ2n) is 13.8. The van der Waals surface area contributed by atoms with Crippen LogP contribution in [-0.2, 0) is 14.3 Å². The number of hydrogen-bond acceptors (Lipinski definition) is 6. The molecule has 9 heteroatoms. The number of esters is 1. The van der Waals surface area contributed by atoms with Gasteiger partial charge in [-0.1, -0.05) is 26.2 Å². The van der Waals surface area contributed by atoms with Crippen LogP contribution in [0.5, 0.6) is 0 Å². The SMILES string of the molecule is CCCCC1CCCN1C(=O)[C@@H]1CCC[C@H](c2cc(NC(=O)OC(C)(C)C)cc(-n3ncc(C(=O)OCC)c3C3CC3)c2)C1. The molecule has 1 aliphatic heterocycles. The van der Waals surface area contributed by atoms with Crippen molar-refractivity contribution in [1.29, 1.82) is 0 Å². The van der Waals surface area contributed by atoms with Crippen molar-refractivity contribution in [1.82, 2.24) is 14.7 Å². The number of amides is 2. The van der Waals surface area contributed by atoms with Crippen LogP contribution in [0.25, 0.3) is 5.69 Å². The van der Waals surface area contributed by atoms with Crippen LogP contribution in [0.4, 0.5) is 10.5 Å². The molecule has 0 spiro atoms. The molecule has 1 aromatic heterocycles. The summed E-state index contributed by atoms with van der Waals surface area (Å²) in [5.41, 5.74) is 3.15. The Labute approximate surface area is 262 Å². The van der Waals surface area contributed by atoms with E-state index >= 15 is 0 Å². The molecule has 3 fully saturated rings. The number of benzene rings is 1. The summed E-state index contributed by atoms with van der Waals surface area (Å²) in [5.74, 6) is 0.359. The van der Waals surface area contributed by atoms with Gasteiger partial charge < -0.3 is 14.4 Å². The first-order valence-electron chi connectivity index (χ1n) is 16.8. The minimum atomic E-state index is -0.637. The summed E-state index contributed by atoms with van der Waals surface area (Å²) in [5, 5.41) is 7.59. The Hall–Kier alpha value is -3.36. The van der Waals surface area contributed by atoms with Crippen LogP contribution in [0.3, 0.4) is 0 Å². The van der Waals surface area contributed by atoms with Crippen LogP contribution < -0.4 is 5.32 Å². The molecule has 1 unspecified atom stereocenters. The van der Waals surface area contributed by atoms with Crippen molar-refractivity contribution >= 4 is 23.7 Å². The Kier molecular flexibility index (Phi) is 10.0. The molecule has 5 rings (SSSR count). The number of nitrogens with one attached hydrogen (secondary N) is 1. The fourth-order valence-corrected chi connectivity index (χ4v) is 6.98. The van der Waals surface area contributed by atoms with Gasteiger partial charge in [0.1, 0.15) is 11.2 Å². The largest absolute Gasteiger partial charge is 0.462 e. The first kappa shape index (κ1) is 32.0.